The van der Waals surface area contributed by atoms with Crippen molar-refractivity contribution in [2.45, 2.75) is 38.3 Å². The average molecular weight is 256 g/mol. The van der Waals surface area contributed by atoms with Gasteiger partial charge in [0.25, 0.3) is 0 Å². The predicted molar refractivity (Wildman–Crippen MR) is 64.2 cm³/mol. The number of urea groups is 1. The highest BCUT2D eigenvalue weighted by molar-refractivity contribution is 5.83. The number of carbonyl (C=O) groups excluding carboxylic acids is 1. The van der Waals surface area contributed by atoms with E-state index in [1.165, 1.54) is 0 Å². The molecule has 0 radical (unpaired) electrons. The van der Waals surface area contributed by atoms with Gasteiger partial charge in [0, 0.05) is 12.6 Å². The van der Waals surface area contributed by atoms with Crippen LogP contribution >= 0.6 is 0 Å². The van der Waals surface area contributed by atoms with Crippen molar-refractivity contribution in [1.82, 2.24) is 10.6 Å². The lowest BCUT2D eigenvalue weighted by molar-refractivity contribution is -0.139. The molecule has 1 saturated heterocycles. The Morgan fingerprint density at radius 2 is 2.06 bits per heavy atom. The van der Waals surface area contributed by atoms with Crippen LogP contribution in [0.25, 0.3) is 0 Å². The van der Waals surface area contributed by atoms with E-state index in [2.05, 4.69) is 10.6 Å². The van der Waals surface area contributed by atoms with Crippen molar-refractivity contribution in [2.24, 2.45) is 11.8 Å². The zero-order valence-electron chi connectivity index (χ0n) is 10.5. The first-order chi connectivity index (χ1) is 8.58. The highest BCUT2D eigenvalue weighted by Crippen LogP contribution is 2.32. The van der Waals surface area contributed by atoms with Gasteiger partial charge in [-0.05, 0) is 31.1 Å². The van der Waals surface area contributed by atoms with Gasteiger partial charge in [0.1, 0.15) is 6.04 Å². The van der Waals surface area contributed by atoms with Gasteiger partial charge in [-0.3, -0.25) is 0 Å². The Hall–Kier alpha value is -1.30. The molecule has 3 atom stereocenters. The van der Waals surface area contributed by atoms with Crippen LogP contribution in [0.3, 0.4) is 0 Å². The van der Waals surface area contributed by atoms with Crippen LogP contribution in [0.1, 0.15) is 26.2 Å². The van der Waals surface area contributed by atoms with E-state index < -0.39 is 12.0 Å². The van der Waals surface area contributed by atoms with E-state index in [0.717, 1.165) is 19.3 Å². The van der Waals surface area contributed by atoms with Crippen LogP contribution in [0.2, 0.25) is 0 Å². The van der Waals surface area contributed by atoms with Crippen molar-refractivity contribution >= 4 is 12.0 Å². The number of amides is 2. The first-order valence-electron chi connectivity index (χ1n) is 6.45. The molecule has 3 N–H and O–H groups in total. The van der Waals surface area contributed by atoms with E-state index in [0.29, 0.717) is 13.2 Å². The van der Waals surface area contributed by atoms with Gasteiger partial charge < -0.3 is 20.5 Å². The molecular weight excluding hydrogens is 236 g/mol. The number of hydrogen-bond acceptors (Lipinski definition) is 3. The van der Waals surface area contributed by atoms with Crippen molar-refractivity contribution in [1.29, 1.82) is 0 Å². The maximum absolute atomic E-state index is 11.8. The SMILES string of the molecule is CC1COCCC1NC(=O)NC(C(=O)O)C1CC1. The molecule has 18 heavy (non-hydrogen) atoms. The highest BCUT2D eigenvalue weighted by atomic mass is 16.5. The van der Waals surface area contributed by atoms with Gasteiger partial charge >= 0.3 is 12.0 Å². The zero-order chi connectivity index (χ0) is 13.1. The Kier molecular flexibility index (Phi) is 4.06. The number of aliphatic carboxylic acids is 1. The predicted octanol–water partition coefficient (Wildman–Crippen LogP) is 0.574. The van der Waals surface area contributed by atoms with Gasteiger partial charge in [-0.2, -0.15) is 0 Å². The minimum atomic E-state index is -0.951. The van der Waals surface area contributed by atoms with Gasteiger partial charge in [0.2, 0.25) is 0 Å². The molecule has 0 aromatic carbocycles. The summed E-state index contributed by atoms with van der Waals surface area (Å²) in [7, 11) is 0. The van der Waals surface area contributed by atoms with E-state index in [1.54, 1.807) is 0 Å². The summed E-state index contributed by atoms with van der Waals surface area (Å²) in [5, 5.41) is 14.4. The fourth-order valence-electron chi connectivity index (χ4n) is 2.26. The summed E-state index contributed by atoms with van der Waals surface area (Å²) in [5.41, 5.74) is 0. The van der Waals surface area contributed by atoms with Gasteiger partial charge in [-0.15, -0.1) is 0 Å². The van der Waals surface area contributed by atoms with E-state index in [9.17, 15) is 9.59 Å². The Bertz CT molecular complexity index is 330. The molecular formula is C12H20N2O4. The topological polar surface area (TPSA) is 87.7 Å². The molecule has 0 aromatic rings. The molecule has 6 nitrogen and oxygen atoms in total. The number of carboxylic acid groups (broad SMARTS) is 1. The molecule has 6 heteroatoms. The Morgan fingerprint density at radius 1 is 1.33 bits per heavy atom. The third-order valence-electron chi connectivity index (χ3n) is 3.60. The Balaban J connectivity index is 1.81. The summed E-state index contributed by atoms with van der Waals surface area (Å²) in [4.78, 5) is 22.8. The Labute approximate surface area is 106 Å². The molecule has 0 aromatic heterocycles. The molecule has 0 spiro atoms. The maximum atomic E-state index is 11.8. The molecule has 2 amide bonds. The molecule has 2 rings (SSSR count). The largest absolute Gasteiger partial charge is 0.480 e. The van der Waals surface area contributed by atoms with E-state index >= 15 is 0 Å². The molecule has 2 aliphatic rings. The summed E-state index contributed by atoms with van der Waals surface area (Å²) in [5.74, 6) is -0.596. The number of hydrogen-bond donors (Lipinski definition) is 3. The van der Waals surface area contributed by atoms with Gasteiger partial charge in [0.05, 0.1) is 6.61 Å². The quantitative estimate of drug-likeness (QED) is 0.686. The molecule has 1 saturated carbocycles. The van der Waals surface area contributed by atoms with Crippen LogP contribution < -0.4 is 10.6 Å². The van der Waals surface area contributed by atoms with Gasteiger partial charge in [-0.1, -0.05) is 6.92 Å². The van der Waals surface area contributed by atoms with Crippen LogP contribution in [0.15, 0.2) is 0 Å². The number of carboxylic acids is 1. The maximum Gasteiger partial charge on any atom is 0.326 e. The molecule has 1 aliphatic heterocycles. The minimum Gasteiger partial charge on any atom is -0.480 e. The molecule has 0 bridgehead atoms. The highest BCUT2D eigenvalue weighted by Gasteiger charge is 2.37. The second-order valence-electron chi connectivity index (χ2n) is 5.22. The van der Waals surface area contributed by atoms with Crippen LogP contribution in [0.5, 0.6) is 0 Å². The van der Waals surface area contributed by atoms with Crippen LogP contribution in [0.4, 0.5) is 4.79 Å². The first-order valence-corrected chi connectivity index (χ1v) is 6.45. The summed E-state index contributed by atoms with van der Waals surface area (Å²) in [6, 6.07) is -1.07. The third-order valence-corrected chi connectivity index (χ3v) is 3.60. The molecule has 3 unspecified atom stereocenters. The lowest BCUT2D eigenvalue weighted by Gasteiger charge is -2.30. The van der Waals surface area contributed by atoms with Crippen molar-refractivity contribution in [2.75, 3.05) is 13.2 Å². The zero-order valence-corrected chi connectivity index (χ0v) is 10.5. The smallest absolute Gasteiger partial charge is 0.326 e. The summed E-state index contributed by atoms with van der Waals surface area (Å²) in [6.45, 7) is 3.29. The number of nitrogens with one attached hydrogen (secondary N) is 2. The Morgan fingerprint density at radius 3 is 2.61 bits per heavy atom. The van der Waals surface area contributed by atoms with Crippen molar-refractivity contribution < 1.29 is 19.4 Å². The normalized spacial score (nSPS) is 29.4. The molecule has 102 valence electrons. The van der Waals surface area contributed by atoms with Crippen LogP contribution in [0, 0.1) is 11.8 Å². The van der Waals surface area contributed by atoms with Gasteiger partial charge in [0.15, 0.2) is 0 Å². The van der Waals surface area contributed by atoms with Crippen molar-refractivity contribution in [3.8, 4) is 0 Å². The minimum absolute atomic E-state index is 0.0624. The lowest BCUT2D eigenvalue weighted by atomic mass is 9.98. The fraction of sp³-hybridized carbons (Fsp3) is 0.833. The number of rotatable bonds is 4. The van der Waals surface area contributed by atoms with Crippen molar-refractivity contribution in [3.05, 3.63) is 0 Å². The lowest BCUT2D eigenvalue weighted by Crippen LogP contribution is -2.52. The fourth-order valence-corrected chi connectivity index (χ4v) is 2.26. The average Bonchev–Trinajstić information content (AvgIpc) is 3.13. The second kappa shape index (κ2) is 5.56. The van der Waals surface area contributed by atoms with E-state index in [-0.39, 0.29) is 23.9 Å². The second-order valence-corrected chi connectivity index (χ2v) is 5.22. The first kappa shape index (κ1) is 13.1. The van der Waals surface area contributed by atoms with Crippen LogP contribution in [-0.2, 0) is 9.53 Å². The summed E-state index contributed by atoms with van der Waals surface area (Å²) >= 11 is 0. The summed E-state index contributed by atoms with van der Waals surface area (Å²) in [6.07, 6.45) is 2.53. The van der Waals surface area contributed by atoms with E-state index in [1.807, 2.05) is 6.92 Å². The monoisotopic (exact) mass is 256 g/mol. The van der Waals surface area contributed by atoms with Gasteiger partial charge in [-0.25, -0.2) is 9.59 Å². The number of ether oxygens (including phenoxy) is 1. The van der Waals surface area contributed by atoms with E-state index in [4.69, 9.17) is 9.84 Å². The molecule has 2 fully saturated rings. The summed E-state index contributed by atoms with van der Waals surface area (Å²) < 4.78 is 5.30. The standard InChI is InChI=1S/C12H20N2O4/c1-7-6-18-5-4-9(7)13-12(17)14-10(11(15)16)8-2-3-8/h7-10H,2-6H2,1H3,(H,15,16)(H2,13,14,17). The third kappa shape index (κ3) is 3.35. The molecule has 1 aliphatic carbocycles. The number of carbonyl (C=O) groups is 2. The molecule has 1 heterocycles. The van der Waals surface area contributed by atoms with Crippen molar-refractivity contribution in [3.63, 3.8) is 0 Å². The van der Waals surface area contributed by atoms with Crippen LogP contribution in [-0.4, -0.2) is 42.4 Å².